The van der Waals surface area contributed by atoms with Crippen molar-refractivity contribution in [1.29, 1.82) is 0 Å². The van der Waals surface area contributed by atoms with E-state index in [0.29, 0.717) is 32.9 Å². The van der Waals surface area contributed by atoms with Gasteiger partial charge in [0.15, 0.2) is 0 Å². The van der Waals surface area contributed by atoms with Gasteiger partial charge in [-0.2, -0.15) is 0 Å². The second kappa shape index (κ2) is 11.6. The molecule has 1 amide bonds. The predicted molar refractivity (Wildman–Crippen MR) is 125 cm³/mol. The van der Waals surface area contributed by atoms with Crippen molar-refractivity contribution in [3.63, 3.8) is 0 Å². The first kappa shape index (κ1) is 22.2. The summed E-state index contributed by atoms with van der Waals surface area (Å²) in [6, 6.07) is 28.5. The van der Waals surface area contributed by atoms with Gasteiger partial charge in [0.1, 0.15) is 6.10 Å². The highest BCUT2D eigenvalue weighted by atomic mass is 16.5. The van der Waals surface area contributed by atoms with E-state index in [-0.39, 0.29) is 5.91 Å². The zero-order valence-electron chi connectivity index (χ0n) is 18.3. The van der Waals surface area contributed by atoms with Crippen LogP contribution in [0.5, 0.6) is 0 Å². The van der Waals surface area contributed by atoms with E-state index in [4.69, 9.17) is 9.47 Å². The SMILES string of the molecule is O=C(NCc1ccccc1COCc1ccccc1)C1CN(Cc2ccccc2)CCO1. The van der Waals surface area contributed by atoms with E-state index >= 15 is 0 Å². The van der Waals surface area contributed by atoms with E-state index in [0.717, 1.165) is 29.8 Å². The lowest BCUT2D eigenvalue weighted by atomic mass is 10.1. The Labute approximate surface area is 190 Å². The monoisotopic (exact) mass is 430 g/mol. The van der Waals surface area contributed by atoms with Gasteiger partial charge in [0, 0.05) is 26.2 Å². The second-order valence-corrected chi connectivity index (χ2v) is 8.05. The van der Waals surface area contributed by atoms with Crippen LogP contribution < -0.4 is 5.32 Å². The zero-order valence-corrected chi connectivity index (χ0v) is 18.3. The highest BCUT2D eigenvalue weighted by Crippen LogP contribution is 2.14. The molecule has 1 heterocycles. The van der Waals surface area contributed by atoms with E-state index in [2.05, 4.69) is 34.5 Å². The first-order chi connectivity index (χ1) is 15.8. The summed E-state index contributed by atoms with van der Waals surface area (Å²) in [4.78, 5) is 15.1. The Morgan fingerprint density at radius 1 is 0.875 bits per heavy atom. The van der Waals surface area contributed by atoms with Crippen molar-refractivity contribution in [3.8, 4) is 0 Å². The molecule has 1 fully saturated rings. The molecular formula is C27H30N2O3. The minimum atomic E-state index is -0.450. The van der Waals surface area contributed by atoms with Gasteiger partial charge in [0.25, 0.3) is 5.91 Å². The maximum Gasteiger partial charge on any atom is 0.250 e. The lowest BCUT2D eigenvalue weighted by Gasteiger charge is -2.32. The number of carbonyl (C=O) groups is 1. The first-order valence-electron chi connectivity index (χ1n) is 11.1. The van der Waals surface area contributed by atoms with E-state index < -0.39 is 6.10 Å². The quantitative estimate of drug-likeness (QED) is 0.559. The fourth-order valence-electron chi connectivity index (χ4n) is 3.87. The molecule has 0 bridgehead atoms. The maximum absolute atomic E-state index is 12.8. The molecule has 1 N–H and O–H groups in total. The molecule has 1 aliphatic heterocycles. The van der Waals surface area contributed by atoms with Gasteiger partial charge < -0.3 is 14.8 Å². The molecule has 0 aliphatic carbocycles. The van der Waals surface area contributed by atoms with E-state index in [1.807, 2.05) is 60.7 Å². The molecule has 166 valence electrons. The van der Waals surface area contributed by atoms with Crippen LogP contribution in [-0.4, -0.2) is 36.6 Å². The van der Waals surface area contributed by atoms with Crippen molar-refractivity contribution in [2.45, 2.75) is 32.4 Å². The minimum absolute atomic E-state index is 0.0669. The largest absolute Gasteiger partial charge is 0.372 e. The third kappa shape index (κ3) is 6.50. The zero-order chi connectivity index (χ0) is 22.0. The normalized spacial score (nSPS) is 16.6. The molecule has 1 aliphatic rings. The van der Waals surface area contributed by atoms with Gasteiger partial charge in [-0.05, 0) is 22.3 Å². The lowest BCUT2D eigenvalue weighted by molar-refractivity contribution is -0.139. The number of ether oxygens (including phenoxy) is 2. The second-order valence-electron chi connectivity index (χ2n) is 8.05. The summed E-state index contributed by atoms with van der Waals surface area (Å²) in [7, 11) is 0. The summed E-state index contributed by atoms with van der Waals surface area (Å²) in [5, 5.41) is 3.06. The Bertz CT molecular complexity index is 978. The van der Waals surface area contributed by atoms with Crippen LogP contribution in [0.25, 0.3) is 0 Å². The summed E-state index contributed by atoms with van der Waals surface area (Å²) in [6.45, 7) is 4.36. The van der Waals surface area contributed by atoms with Gasteiger partial charge in [0.2, 0.25) is 0 Å². The predicted octanol–water partition coefficient (Wildman–Crippen LogP) is 3.92. The standard InChI is InChI=1S/C27H30N2O3/c30-27(26-19-29(15-16-32-26)18-22-9-3-1-4-10-22)28-17-24-13-7-8-14-25(24)21-31-20-23-11-5-2-6-12-23/h1-14,26H,15-21H2,(H,28,30). The van der Waals surface area contributed by atoms with Crippen LogP contribution >= 0.6 is 0 Å². The lowest BCUT2D eigenvalue weighted by Crippen LogP contribution is -2.49. The van der Waals surface area contributed by atoms with Crippen LogP contribution in [0, 0.1) is 0 Å². The molecule has 0 saturated carbocycles. The number of morpholine rings is 1. The van der Waals surface area contributed by atoms with Crippen LogP contribution in [0.2, 0.25) is 0 Å². The van der Waals surface area contributed by atoms with E-state index in [1.165, 1.54) is 5.56 Å². The third-order valence-electron chi connectivity index (χ3n) is 5.63. The van der Waals surface area contributed by atoms with Crippen LogP contribution in [-0.2, 0) is 40.6 Å². The molecule has 1 atom stereocenters. The van der Waals surface area contributed by atoms with Crippen LogP contribution in [0.15, 0.2) is 84.9 Å². The summed E-state index contributed by atoms with van der Waals surface area (Å²) in [6.07, 6.45) is -0.450. The van der Waals surface area contributed by atoms with Crippen molar-refractivity contribution in [2.75, 3.05) is 19.7 Å². The number of carbonyl (C=O) groups excluding carboxylic acids is 1. The highest BCUT2D eigenvalue weighted by Gasteiger charge is 2.26. The Kier molecular flexibility index (Phi) is 8.04. The fraction of sp³-hybridized carbons (Fsp3) is 0.296. The molecule has 5 heteroatoms. The van der Waals surface area contributed by atoms with Crippen molar-refractivity contribution >= 4 is 5.91 Å². The molecule has 5 nitrogen and oxygen atoms in total. The average molecular weight is 431 g/mol. The minimum Gasteiger partial charge on any atom is -0.372 e. The van der Waals surface area contributed by atoms with Crippen molar-refractivity contribution in [3.05, 3.63) is 107 Å². The van der Waals surface area contributed by atoms with Gasteiger partial charge >= 0.3 is 0 Å². The number of rotatable bonds is 9. The topological polar surface area (TPSA) is 50.8 Å². The Morgan fingerprint density at radius 2 is 1.53 bits per heavy atom. The first-order valence-corrected chi connectivity index (χ1v) is 11.1. The molecule has 32 heavy (non-hydrogen) atoms. The van der Waals surface area contributed by atoms with E-state index in [1.54, 1.807) is 0 Å². The molecule has 0 aromatic heterocycles. The summed E-state index contributed by atoms with van der Waals surface area (Å²) < 4.78 is 11.7. The number of hydrogen-bond donors (Lipinski definition) is 1. The number of nitrogens with zero attached hydrogens (tertiary/aromatic N) is 1. The van der Waals surface area contributed by atoms with Crippen LogP contribution in [0.3, 0.4) is 0 Å². The number of benzene rings is 3. The summed E-state index contributed by atoms with van der Waals surface area (Å²) in [5.74, 6) is -0.0669. The molecule has 3 aromatic carbocycles. The molecule has 3 aromatic rings. The van der Waals surface area contributed by atoms with Crippen LogP contribution in [0.4, 0.5) is 0 Å². The molecule has 0 radical (unpaired) electrons. The van der Waals surface area contributed by atoms with Gasteiger partial charge in [-0.1, -0.05) is 84.9 Å². The van der Waals surface area contributed by atoms with Crippen molar-refractivity contribution in [2.24, 2.45) is 0 Å². The Morgan fingerprint density at radius 3 is 2.28 bits per heavy atom. The Hall–Kier alpha value is -2.99. The fourth-order valence-corrected chi connectivity index (χ4v) is 3.87. The smallest absolute Gasteiger partial charge is 0.250 e. The summed E-state index contributed by atoms with van der Waals surface area (Å²) in [5.41, 5.74) is 4.54. The highest BCUT2D eigenvalue weighted by molar-refractivity contribution is 5.81. The third-order valence-corrected chi connectivity index (χ3v) is 5.63. The van der Waals surface area contributed by atoms with Gasteiger partial charge in [0.05, 0.1) is 19.8 Å². The molecule has 1 unspecified atom stereocenters. The Balaban J connectivity index is 1.27. The van der Waals surface area contributed by atoms with Gasteiger partial charge in [-0.25, -0.2) is 0 Å². The summed E-state index contributed by atoms with van der Waals surface area (Å²) >= 11 is 0. The van der Waals surface area contributed by atoms with Gasteiger partial charge in [-0.15, -0.1) is 0 Å². The molecular weight excluding hydrogens is 400 g/mol. The van der Waals surface area contributed by atoms with Gasteiger partial charge in [-0.3, -0.25) is 9.69 Å². The number of nitrogens with one attached hydrogen (secondary N) is 1. The molecule has 4 rings (SSSR count). The maximum atomic E-state index is 12.8. The average Bonchev–Trinajstić information content (AvgIpc) is 2.85. The number of hydrogen-bond acceptors (Lipinski definition) is 4. The van der Waals surface area contributed by atoms with Crippen molar-refractivity contribution < 1.29 is 14.3 Å². The number of amides is 1. The molecule has 0 spiro atoms. The van der Waals surface area contributed by atoms with Crippen LogP contribution in [0.1, 0.15) is 22.3 Å². The van der Waals surface area contributed by atoms with Crippen molar-refractivity contribution in [1.82, 2.24) is 10.2 Å². The molecule has 1 saturated heterocycles. The van der Waals surface area contributed by atoms with E-state index in [9.17, 15) is 4.79 Å².